The van der Waals surface area contributed by atoms with Crippen LogP contribution in [0, 0.1) is 0 Å². The zero-order valence-electron chi connectivity index (χ0n) is 19.2. The number of ether oxygens (including phenoxy) is 4. The van der Waals surface area contributed by atoms with Crippen LogP contribution in [0.1, 0.15) is 27.6 Å². The molecule has 2 aromatic rings. The predicted octanol–water partition coefficient (Wildman–Crippen LogP) is 4.30. The van der Waals surface area contributed by atoms with Gasteiger partial charge in [-0.05, 0) is 55.5 Å². The van der Waals surface area contributed by atoms with E-state index in [2.05, 4.69) is 16.0 Å². The van der Waals surface area contributed by atoms with Gasteiger partial charge >= 0.3 is 5.97 Å². The van der Waals surface area contributed by atoms with E-state index in [-0.39, 0.29) is 28.8 Å². The molecule has 0 aliphatic carbocycles. The molecule has 0 aliphatic heterocycles. The van der Waals surface area contributed by atoms with Gasteiger partial charge in [-0.15, -0.1) is 0 Å². The highest BCUT2D eigenvalue weighted by atomic mass is 35.6. The molecule has 13 heteroatoms. The first-order chi connectivity index (χ1) is 16.5. The lowest BCUT2D eigenvalue weighted by molar-refractivity contribution is 0.0526. The van der Waals surface area contributed by atoms with Crippen molar-refractivity contribution in [2.24, 2.45) is 0 Å². The maximum absolute atomic E-state index is 12.9. The molecule has 1 atom stereocenters. The number of rotatable bonds is 9. The molecule has 0 spiro atoms. The van der Waals surface area contributed by atoms with Gasteiger partial charge in [0.1, 0.15) is 6.17 Å². The number of methoxy groups -OCH3 is 3. The van der Waals surface area contributed by atoms with Crippen LogP contribution >= 0.6 is 47.0 Å². The van der Waals surface area contributed by atoms with Gasteiger partial charge in [-0.1, -0.05) is 34.8 Å². The highest BCUT2D eigenvalue weighted by Gasteiger charge is 2.35. The highest BCUT2D eigenvalue weighted by Crippen LogP contribution is 2.38. The maximum Gasteiger partial charge on any atom is 0.338 e. The molecule has 2 rings (SSSR count). The highest BCUT2D eigenvalue weighted by molar-refractivity contribution is 7.80. The van der Waals surface area contributed by atoms with Gasteiger partial charge in [-0.2, -0.15) is 0 Å². The van der Waals surface area contributed by atoms with Gasteiger partial charge in [-0.25, -0.2) is 4.79 Å². The molecule has 0 fully saturated rings. The first-order valence-electron chi connectivity index (χ1n) is 10.1. The number of alkyl halides is 3. The van der Waals surface area contributed by atoms with Crippen molar-refractivity contribution < 1.29 is 28.5 Å². The summed E-state index contributed by atoms with van der Waals surface area (Å²) < 4.78 is 18.8. The van der Waals surface area contributed by atoms with E-state index >= 15 is 0 Å². The molecule has 35 heavy (non-hydrogen) atoms. The average Bonchev–Trinajstić information content (AvgIpc) is 2.82. The van der Waals surface area contributed by atoms with Gasteiger partial charge in [0.2, 0.25) is 9.54 Å². The van der Waals surface area contributed by atoms with Crippen LogP contribution in [0.25, 0.3) is 0 Å². The van der Waals surface area contributed by atoms with Crippen molar-refractivity contribution >= 4 is 69.7 Å². The van der Waals surface area contributed by atoms with Crippen molar-refractivity contribution in [2.45, 2.75) is 16.9 Å². The molecule has 0 aromatic heterocycles. The van der Waals surface area contributed by atoms with Gasteiger partial charge < -0.3 is 34.9 Å². The normalized spacial score (nSPS) is 11.6. The molecular weight excluding hydrogens is 541 g/mol. The summed E-state index contributed by atoms with van der Waals surface area (Å²) in [7, 11) is 4.29. The Balaban J connectivity index is 2.15. The van der Waals surface area contributed by atoms with E-state index in [0.717, 1.165) is 0 Å². The largest absolute Gasteiger partial charge is 0.493 e. The molecule has 0 radical (unpaired) electrons. The first-order valence-corrected chi connectivity index (χ1v) is 11.6. The van der Waals surface area contributed by atoms with Crippen LogP contribution in [0.5, 0.6) is 17.2 Å². The van der Waals surface area contributed by atoms with Crippen molar-refractivity contribution in [3.05, 3.63) is 47.5 Å². The molecule has 190 valence electrons. The number of amides is 1. The molecule has 0 saturated carbocycles. The average molecular weight is 565 g/mol. The van der Waals surface area contributed by atoms with Gasteiger partial charge in [0.15, 0.2) is 16.6 Å². The molecule has 0 aliphatic rings. The fourth-order valence-corrected chi connectivity index (χ4v) is 3.39. The number of esters is 1. The van der Waals surface area contributed by atoms with E-state index in [0.29, 0.717) is 17.0 Å². The molecule has 2 aromatic carbocycles. The van der Waals surface area contributed by atoms with Crippen molar-refractivity contribution in [2.75, 3.05) is 33.3 Å². The molecule has 0 saturated heterocycles. The zero-order valence-corrected chi connectivity index (χ0v) is 22.3. The number of hydrogen-bond acceptors (Lipinski definition) is 7. The Labute approximate surface area is 223 Å². The summed E-state index contributed by atoms with van der Waals surface area (Å²) in [4.78, 5) is 24.7. The van der Waals surface area contributed by atoms with Crippen molar-refractivity contribution in [3.63, 3.8) is 0 Å². The smallest absolute Gasteiger partial charge is 0.338 e. The minimum Gasteiger partial charge on any atom is -0.493 e. The number of anilines is 1. The second-order valence-electron chi connectivity index (χ2n) is 6.76. The number of nitrogens with one attached hydrogen (secondary N) is 3. The topological polar surface area (TPSA) is 107 Å². The first kappa shape index (κ1) is 28.6. The lowest BCUT2D eigenvalue weighted by atomic mass is 10.1. The Kier molecular flexibility index (Phi) is 10.5. The Morgan fingerprint density at radius 2 is 1.51 bits per heavy atom. The fourth-order valence-electron chi connectivity index (χ4n) is 2.83. The van der Waals surface area contributed by atoms with Crippen LogP contribution in [0.15, 0.2) is 36.4 Å². The van der Waals surface area contributed by atoms with E-state index in [1.165, 1.54) is 33.5 Å². The lowest BCUT2D eigenvalue weighted by Gasteiger charge is -2.28. The third kappa shape index (κ3) is 7.93. The molecule has 1 unspecified atom stereocenters. The zero-order chi connectivity index (χ0) is 26.2. The second-order valence-corrected chi connectivity index (χ2v) is 9.54. The third-order valence-corrected chi connectivity index (χ3v) is 5.33. The molecule has 3 N–H and O–H groups in total. The molecule has 0 heterocycles. The number of halogens is 3. The molecular formula is C22H24Cl3N3O6S. The van der Waals surface area contributed by atoms with Crippen molar-refractivity contribution in [3.8, 4) is 17.2 Å². The predicted molar refractivity (Wildman–Crippen MR) is 139 cm³/mol. The fraction of sp³-hybridized carbons (Fsp3) is 0.318. The Morgan fingerprint density at radius 1 is 0.943 bits per heavy atom. The third-order valence-electron chi connectivity index (χ3n) is 4.46. The molecule has 9 nitrogen and oxygen atoms in total. The molecule has 1 amide bonds. The van der Waals surface area contributed by atoms with E-state index in [9.17, 15) is 9.59 Å². The van der Waals surface area contributed by atoms with Crippen LogP contribution in [-0.2, 0) is 4.74 Å². The van der Waals surface area contributed by atoms with E-state index in [4.69, 9.17) is 66.0 Å². The van der Waals surface area contributed by atoms with Gasteiger partial charge in [0.05, 0.1) is 33.5 Å². The number of thiocarbonyl (C=S) groups is 1. The quantitative estimate of drug-likeness (QED) is 0.178. The van der Waals surface area contributed by atoms with Crippen molar-refractivity contribution in [1.82, 2.24) is 10.6 Å². The van der Waals surface area contributed by atoms with Gasteiger partial charge in [-0.3, -0.25) is 4.79 Å². The molecule has 0 bridgehead atoms. The van der Waals surface area contributed by atoms with Gasteiger partial charge in [0.25, 0.3) is 5.91 Å². The summed E-state index contributed by atoms with van der Waals surface area (Å²) in [6, 6.07) is 9.29. The standard InChI is InChI=1S/C22H24Cl3N3O6S/c1-5-34-19(30)12-6-8-14(9-7-12)26-21(35)28-20(22(23,24)25)27-18(29)13-10-15(31-2)17(33-4)16(11-13)32-3/h6-11,20H,5H2,1-4H3,(H,27,29)(H2,26,28,35). The summed E-state index contributed by atoms with van der Waals surface area (Å²) in [6.07, 6.45) is -1.22. The maximum atomic E-state index is 12.9. The number of benzene rings is 2. The van der Waals surface area contributed by atoms with E-state index in [1.807, 2.05) is 0 Å². The van der Waals surface area contributed by atoms with E-state index in [1.54, 1.807) is 31.2 Å². The number of carbonyl (C=O) groups excluding carboxylic acids is 2. The van der Waals surface area contributed by atoms with Crippen LogP contribution in [0.3, 0.4) is 0 Å². The Hall–Kier alpha value is -2.66. The van der Waals surface area contributed by atoms with Crippen molar-refractivity contribution in [1.29, 1.82) is 0 Å². The summed E-state index contributed by atoms with van der Waals surface area (Å²) in [6.45, 7) is 1.99. The SMILES string of the molecule is CCOC(=O)c1ccc(NC(=S)NC(NC(=O)c2cc(OC)c(OC)c(OC)c2)C(Cl)(Cl)Cl)cc1. The number of carbonyl (C=O) groups is 2. The Morgan fingerprint density at radius 3 is 1.97 bits per heavy atom. The summed E-state index contributed by atoms with van der Waals surface area (Å²) in [5.41, 5.74) is 1.09. The van der Waals surface area contributed by atoms with Crippen LogP contribution in [-0.4, -0.2) is 54.9 Å². The second kappa shape index (κ2) is 12.9. The summed E-state index contributed by atoms with van der Waals surface area (Å²) in [5.74, 6) is -0.167. The number of hydrogen-bond donors (Lipinski definition) is 3. The van der Waals surface area contributed by atoms with E-state index < -0.39 is 21.8 Å². The van der Waals surface area contributed by atoms with Crippen LogP contribution in [0.2, 0.25) is 0 Å². The monoisotopic (exact) mass is 563 g/mol. The van der Waals surface area contributed by atoms with Gasteiger partial charge in [0, 0.05) is 11.3 Å². The van der Waals surface area contributed by atoms with Crippen LogP contribution in [0.4, 0.5) is 5.69 Å². The minimum absolute atomic E-state index is 0.0513. The minimum atomic E-state index is -1.98. The summed E-state index contributed by atoms with van der Waals surface area (Å²) >= 11 is 23.5. The lowest BCUT2D eigenvalue weighted by Crippen LogP contribution is -2.56. The Bertz CT molecular complexity index is 1040. The summed E-state index contributed by atoms with van der Waals surface area (Å²) in [5, 5.41) is 8.28. The van der Waals surface area contributed by atoms with Crippen LogP contribution < -0.4 is 30.2 Å².